The van der Waals surface area contributed by atoms with Crippen molar-refractivity contribution in [3.05, 3.63) is 0 Å². The molecule has 2 fully saturated rings. The summed E-state index contributed by atoms with van der Waals surface area (Å²) >= 11 is 0. The number of nitrogens with one attached hydrogen (secondary N) is 1. The van der Waals surface area contributed by atoms with Crippen LogP contribution in [0.1, 0.15) is 47.0 Å². The van der Waals surface area contributed by atoms with Crippen molar-refractivity contribution in [3.8, 4) is 0 Å². The number of hydrogen-bond acceptors (Lipinski definition) is 3. The van der Waals surface area contributed by atoms with Crippen molar-refractivity contribution in [1.29, 1.82) is 0 Å². The molecule has 0 spiro atoms. The van der Waals surface area contributed by atoms with E-state index in [4.69, 9.17) is 4.74 Å². The summed E-state index contributed by atoms with van der Waals surface area (Å²) in [6, 6.07) is 0. The minimum Gasteiger partial charge on any atom is -0.381 e. The van der Waals surface area contributed by atoms with Crippen LogP contribution < -0.4 is 5.32 Å². The molecule has 0 aromatic rings. The largest absolute Gasteiger partial charge is 0.381 e. The molecule has 2 aliphatic rings. The van der Waals surface area contributed by atoms with Gasteiger partial charge in [-0.05, 0) is 43.7 Å². The van der Waals surface area contributed by atoms with Crippen molar-refractivity contribution in [2.24, 2.45) is 16.7 Å². The summed E-state index contributed by atoms with van der Waals surface area (Å²) in [6.07, 6.45) is 3.94. The molecule has 0 aliphatic carbocycles. The second-order valence-electron chi connectivity index (χ2n) is 8.31. The van der Waals surface area contributed by atoms with Gasteiger partial charge in [-0.25, -0.2) is 0 Å². The fourth-order valence-electron chi connectivity index (χ4n) is 3.75. The topological polar surface area (TPSA) is 24.5 Å². The first kappa shape index (κ1) is 16.3. The minimum atomic E-state index is 0.350. The lowest BCUT2D eigenvalue weighted by Crippen LogP contribution is -2.49. The molecule has 0 aromatic carbocycles. The third-order valence-electron chi connectivity index (χ3n) is 4.78. The van der Waals surface area contributed by atoms with Crippen LogP contribution in [0.5, 0.6) is 0 Å². The molecule has 0 bridgehead atoms. The molecule has 1 atom stereocenters. The SMILES string of the molecule is CC(C)CNCC1(CN2CCCC(C)(C)C2)CCOC1. The van der Waals surface area contributed by atoms with Gasteiger partial charge in [0.1, 0.15) is 0 Å². The van der Waals surface area contributed by atoms with Gasteiger partial charge in [-0.15, -0.1) is 0 Å². The van der Waals surface area contributed by atoms with E-state index >= 15 is 0 Å². The fraction of sp³-hybridized carbons (Fsp3) is 1.00. The fourth-order valence-corrected chi connectivity index (χ4v) is 3.75. The van der Waals surface area contributed by atoms with E-state index in [2.05, 4.69) is 37.9 Å². The van der Waals surface area contributed by atoms with E-state index in [9.17, 15) is 0 Å². The quantitative estimate of drug-likeness (QED) is 0.811. The highest BCUT2D eigenvalue weighted by Crippen LogP contribution is 2.34. The molecule has 3 nitrogen and oxygen atoms in total. The van der Waals surface area contributed by atoms with Gasteiger partial charge in [0.2, 0.25) is 0 Å². The maximum absolute atomic E-state index is 5.74. The molecule has 0 saturated carbocycles. The minimum absolute atomic E-state index is 0.350. The zero-order chi connectivity index (χ0) is 14.6. The molecule has 0 amide bonds. The molecule has 20 heavy (non-hydrogen) atoms. The van der Waals surface area contributed by atoms with E-state index in [1.165, 1.54) is 38.9 Å². The molecule has 2 heterocycles. The highest BCUT2D eigenvalue weighted by molar-refractivity contribution is 4.91. The predicted molar refractivity (Wildman–Crippen MR) is 85.0 cm³/mol. The molecule has 2 saturated heterocycles. The van der Waals surface area contributed by atoms with Gasteiger partial charge in [0, 0.05) is 31.7 Å². The van der Waals surface area contributed by atoms with Crippen LogP contribution >= 0.6 is 0 Å². The van der Waals surface area contributed by atoms with Gasteiger partial charge in [0.25, 0.3) is 0 Å². The molecule has 2 rings (SSSR count). The normalized spacial score (nSPS) is 31.1. The Morgan fingerprint density at radius 3 is 2.65 bits per heavy atom. The number of nitrogens with zero attached hydrogens (tertiary/aromatic N) is 1. The molecular formula is C17H34N2O. The van der Waals surface area contributed by atoms with Gasteiger partial charge < -0.3 is 15.0 Å². The van der Waals surface area contributed by atoms with Crippen LogP contribution in [0.4, 0.5) is 0 Å². The third kappa shape index (κ3) is 4.71. The van der Waals surface area contributed by atoms with Crippen molar-refractivity contribution in [3.63, 3.8) is 0 Å². The van der Waals surface area contributed by atoms with E-state index in [0.717, 1.165) is 32.2 Å². The first-order valence-electron chi connectivity index (χ1n) is 8.42. The molecule has 2 aliphatic heterocycles. The van der Waals surface area contributed by atoms with Crippen molar-refractivity contribution in [1.82, 2.24) is 10.2 Å². The molecule has 1 unspecified atom stereocenters. The smallest absolute Gasteiger partial charge is 0.0547 e. The Morgan fingerprint density at radius 2 is 2.05 bits per heavy atom. The lowest BCUT2D eigenvalue weighted by Gasteiger charge is -2.42. The van der Waals surface area contributed by atoms with Gasteiger partial charge >= 0.3 is 0 Å². The van der Waals surface area contributed by atoms with E-state index in [-0.39, 0.29) is 0 Å². The van der Waals surface area contributed by atoms with Crippen LogP contribution in [0, 0.1) is 16.7 Å². The van der Waals surface area contributed by atoms with E-state index < -0.39 is 0 Å². The summed E-state index contributed by atoms with van der Waals surface area (Å²) in [7, 11) is 0. The lowest BCUT2D eigenvalue weighted by molar-refractivity contribution is 0.0581. The highest BCUT2D eigenvalue weighted by atomic mass is 16.5. The summed E-state index contributed by atoms with van der Waals surface area (Å²) < 4.78 is 5.74. The number of piperidine rings is 1. The molecular weight excluding hydrogens is 248 g/mol. The highest BCUT2D eigenvalue weighted by Gasteiger charge is 2.38. The van der Waals surface area contributed by atoms with Crippen LogP contribution in [0.25, 0.3) is 0 Å². The molecule has 0 radical (unpaired) electrons. The van der Waals surface area contributed by atoms with Crippen molar-refractivity contribution in [2.45, 2.75) is 47.0 Å². The third-order valence-corrected chi connectivity index (χ3v) is 4.78. The monoisotopic (exact) mass is 282 g/mol. The standard InChI is InChI=1S/C17H34N2O/c1-15(2)10-18-11-17(7-9-20-14-17)13-19-8-5-6-16(3,4)12-19/h15,18H,5-14H2,1-4H3. The maximum atomic E-state index is 5.74. The average molecular weight is 282 g/mol. The summed E-state index contributed by atoms with van der Waals surface area (Å²) in [5.41, 5.74) is 0.840. The number of likely N-dealkylation sites (tertiary alicyclic amines) is 1. The van der Waals surface area contributed by atoms with Crippen LogP contribution in [0.3, 0.4) is 0 Å². The molecule has 3 heteroatoms. The zero-order valence-electron chi connectivity index (χ0n) is 14.0. The molecule has 118 valence electrons. The van der Waals surface area contributed by atoms with Crippen LogP contribution in [0.2, 0.25) is 0 Å². The van der Waals surface area contributed by atoms with E-state index in [0.29, 0.717) is 10.8 Å². The number of rotatable bonds is 6. The Hall–Kier alpha value is -0.120. The van der Waals surface area contributed by atoms with E-state index in [1.54, 1.807) is 0 Å². The lowest BCUT2D eigenvalue weighted by atomic mass is 9.81. The van der Waals surface area contributed by atoms with Gasteiger partial charge in [0.05, 0.1) is 6.61 Å². The Labute approximate surface area is 125 Å². The summed E-state index contributed by atoms with van der Waals surface area (Å²) in [6.45, 7) is 17.2. The molecule has 0 aromatic heterocycles. The first-order valence-corrected chi connectivity index (χ1v) is 8.42. The van der Waals surface area contributed by atoms with Crippen molar-refractivity contribution >= 4 is 0 Å². The van der Waals surface area contributed by atoms with Crippen LogP contribution in [-0.2, 0) is 4.74 Å². The Bertz CT molecular complexity index is 295. The second-order valence-corrected chi connectivity index (χ2v) is 8.31. The first-order chi connectivity index (χ1) is 9.41. The number of ether oxygens (including phenoxy) is 1. The summed E-state index contributed by atoms with van der Waals surface area (Å²) in [4.78, 5) is 2.69. The Balaban J connectivity index is 1.88. The van der Waals surface area contributed by atoms with Gasteiger partial charge in [-0.1, -0.05) is 27.7 Å². The van der Waals surface area contributed by atoms with Crippen molar-refractivity contribution < 1.29 is 4.74 Å². The Kier molecular flexibility index (Phi) is 5.49. The maximum Gasteiger partial charge on any atom is 0.0547 e. The molecule has 1 N–H and O–H groups in total. The second kappa shape index (κ2) is 6.76. The average Bonchev–Trinajstić information content (AvgIpc) is 2.76. The Morgan fingerprint density at radius 1 is 1.25 bits per heavy atom. The summed E-state index contributed by atoms with van der Waals surface area (Å²) in [5.74, 6) is 0.725. The van der Waals surface area contributed by atoms with Crippen molar-refractivity contribution in [2.75, 3.05) is 45.9 Å². The van der Waals surface area contributed by atoms with E-state index in [1.807, 2.05) is 0 Å². The van der Waals surface area contributed by atoms with Gasteiger partial charge in [0.15, 0.2) is 0 Å². The van der Waals surface area contributed by atoms with Crippen LogP contribution in [-0.4, -0.2) is 50.8 Å². The van der Waals surface area contributed by atoms with Gasteiger partial charge in [-0.2, -0.15) is 0 Å². The number of hydrogen-bond donors (Lipinski definition) is 1. The zero-order valence-corrected chi connectivity index (χ0v) is 14.0. The predicted octanol–water partition coefficient (Wildman–Crippen LogP) is 2.76. The summed E-state index contributed by atoms with van der Waals surface area (Å²) in [5, 5.41) is 3.67. The van der Waals surface area contributed by atoms with Gasteiger partial charge in [-0.3, -0.25) is 0 Å². The van der Waals surface area contributed by atoms with Crippen LogP contribution in [0.15, 0.2) is 0 Å².